The minimum Gasteiger partial charge on any atom is -0.461 e. The second kappa shape index (κ2) is 5.03. The summed E-state index contributed by atoms with van der Waals surface area (Å²) in [6, 6.07) is 0. The van der Waals surface area contributed by atoms with Gasteiger partial charge >= 0.3 is 5.97 Å². The Balaban J connectivity index is 1.88. The molecular weight excluding hydrogens is 304 g/mol. The molecule has 130 valence electrons. The number of allylic oxidation sites excluding steroid dienone is 2. The molecular formula is C20H26O4. The fraction of sp³-hybridized carbons (Fsp3) is 0.750. The minimum atomic E-state index is -0.765. The zero-order valence-electron chi connectivity index (χ0n) is 14.9. The van der Waals surface area contributed by atoms with Crippen LogP contribution in [0.2, 0.25) is 0 Å². The van der Waals surface area contributed by atoms with Crippen LogP contribution in [-0.4, -0.2) is 23.6 Å². The summed E-state index contributed by atoms with van der Waals surface area (Å²) in [7, 11) is 0. The van der Waals surface area contributed by atoms with Gasteiger partial charge in [0, 0.05) is 23.7 Å². The number of ether oxygens (including phenoxy) is 1. The van der Waals surface area contributed by atoms with Crippen molar-refractivity contribution >= 4 is 17.5 Å². The van der Waals surface area contributed by atoms with Gasteiger partial charge in [-0.05, 0) is 36.2 Å². The molecule has 0 aromatic carbocycles. The average molecular weight is 330 g/mol. The number of hydrogen-bond donors (Lipinski definition) is 0. The van der Waals surface area contributed by atoms with Gasteiger partial charge in [0.15, 0.2) is 5.78 Å². The maximum Gasteiger partial charge on any atom is 0.317 e. The topological polar surface area (TPSA) is 60.4 Å². The Bertz CT molecular complexity index is 661. The summed E-state index contributed by atoms with van der Waals surface area (Å²) in [5, 5.41) is 0. The third-order valence-electron chi connectivity index (χ3n) is 7.25. The first-order chi connectivity index (χ1) is 11.3. The van der Waals surface area contributed by atoms with Crippen molar-refractivity contribution in [2.24, 2.45) is 40.9 Å². The van der Waals surface area contributed by atoms with E-state index in [1.165, 1.54) is 0 Å². The molecule has 3 fully saturated rings. The van der Waals surface area contributed by atoms with Crippen molar-refractivity contribution in [2.75, 3.05) is 0 Å². The Morgan fingerprint density at radius 1 is 1.21 bits per heavy atom. The summed E-state index contributed by atoms with van der Waals surface area (Å²) in [6.07, 6.45) is 4.05. The summed E-state index contributed by atoms with van der Waals surface area (Å²) in [5.74, 6) is -0.712. The average Bonchev–Trinajstić information content (AvgIpc) is 2.87. The van der Waals surface area contributed by atoms with E-state index in [4.69, 9.17) is 4.74 Å². The second-order valence-electron chi connectivity index (χ2n) is 8.82. The SMILES string of the molecule is CC(C)[C@@H]1CC(=O)[C@@]2(C)[C@@H]3C(C(=O)O[C@H]31)C(=O)C1=C[C@@H](C)CC[C@@H]12. The highest BCUT2D eigenvalue weighted by molar-refractivity contribution is 6.12. The highest BCUT2D eigenvalue weighted by Gasteiger charge is 2.69. The largest absolute Gasteiger partial charge is 0.461 e. The maximum atomic E-state index is 13.2. The van der Waals surface area contributed by atoms with Crippen LogP contribution in [-0.2, 0) is 19.1 Å². The first kappa shape index (κ1) is 16.0. The van der Waals surface area contributed by atoms with Gasteiger partial charge in [0.1, 0.15) is 17.8 Å². The number of carbonyl (C=O) groups is 3. The number of carbonyl (C=O) groups excluding carboxylic acids is 3. The van der Waals surface area contributed by atoms with Gasteiger partial charge in [-0.15, -0.1) is 0 Å². The van der Waals surface area contributed by atoms with E-state index in [1.807, 2.05) is 13.0 Å². The minimum absolute atomic E-state index is 0.0327. The van der Waals surface area contributed by atoms with Gasteiger partial charge in [0.2, 0.25) is 0 Å². The molecule has 1 aliphatic heterocycles. The quantitative estimate of drug-likeness (QED) is 0.548. The third-order valence-corrected chi connectivity index (χ3v) is 7.25. The zero-order chi connectivity index (χ0) is 17.4. The molecule has 0 bridgehead atoms. The number of esters is 1. The van der Waals surface area contributed by atoms with Crippen LogP contribution >= 0.6 is 0 Å². The number of ketones is 2. The normalized spacial score (nSPS) is 47.2. The van der Waals surface area contributed by atoms with Gasteiger partial charge in [-0.3, -0.25) is 14.4 Å². The van der Waals surface area contributed by atoms with Crippen LogP contribution in [0.4, 0.5) is 0 Å². The highest BCUT2D eigenvalue weighted by atomic mass is 16.6. The predicted molar refractivity (Wildman–Crippen MR) is 87.9 cm³/mol. The Morgan fingerprint density at radius 2 is 1.92 bits per heavy atom. The summed E-state index contributed by atoms with van der Waals surface area (Å²) in [4.78, 5) is 38.9. The van der Waals surface area contributed by atoms with E-state index in [2.05, 4.69) is 20.8 Å². The van der Waals surface area contributed by atoms with Crippen molar-refractivity contribution in [1.82, 2.24) is 0 Å². The Labute approximate surface area is 143 Å². The predicted octanol–water partition coefficient (Wildman–Crippen LogP) is 2.95. The Hall–Kier alpha value is -1.45. The van der Waals surface area contributed by atoms with Crippen LogP contribution in [0.1, 0.15) is 47.0 Å². The highest BCUT2D eigenvalue weighted by Crippen LogP contribution is 2.61. The number of hydrogen-bond acceptors (Lipinski definition) is 4. The first-order valence-electron chi connectivity index (χ1n) is 9.26. The first-order valence-corrected chi connectivity index (χ1v) is 9.26. The van der Waals surface area contributed by atoms with Crippen LogP contribution in [0.25, 0.3) is 0 Å². The van der Waals surface area contributed by atoms with Gasteiger partial charge in [-0.2, -0.15) is 0 Å². The van der Waals surface area contributed by atoms with Gasteiger partial charge < -0.3 is 4.74 Å². The fourth-order valence-corrected chi connectivity index (χ4v) is 5.85. The van der Waals surface area contributed by atoms with Crippen molar-refractivity contribution in [3.8, 4) is 0 Å². The van der Waals surface area contributed by atoms with Gasteiger partial charge in [0.25, 0.3) is 0 Å². The summed E-state index contributed by atoms with van der Waals surface area (Å²) in [5.41, 5.74) is 0.0960. The molecule has 1 unspecified atom stereocenters. The molecule has 1 saturated heterocycles. The molecule has 0 N–H and O–H groups in total. The molecule has 0 aromatic heterocycles. The molecule has 0 aromatic rings. The van der Waals surface area contributed by atoms with E-state index in [-0.39, 0.29) is 41.3 Å². The van der Waals surface area contributed by atoms with Crippen molar-refractivity contribution in [3.63, 3.8) is 0 Å². The smallest absolute Gasteiger partial charge is 0.317 e. The molecule has 7 atom stereocenters. The van der Waals surface area contributed by atoms with E-state index in [0.29, 0.717) is 12.3 Å². The molecule has 0 radical (unpaired) electrons. The van der Waals surface area contributed by atoms with Gasteiger partial charge in [0.05, 0.1) is 0 Å². The van der Waals surface area contributed by atoms with Crippen LogP contribution in [0, 0.1) is 40.9 Å². The van der Waals surface area contributed by atoms with Crippen molar-refractivity contribution in [2.45, 2.75) is 53.1 Å². The standard InChI is InChI=1S/C20H26O4/c1-9(2)11-8-14(21)20(4)13-6-5-10(3)7-12(13)17(22)15-16(20)18(11)24-19(15)23/h7,9-11,13,15-16,18H,5-6,8H2,1-4H3/t10-,11-,13-,15?,16+,18-,20-/m0/s1. The van der Waals surface area contributed by atoms with Gasteiger partial charge in [-0.25, -0.2) is 0 Å². The van der Waals surface area contributed by atoms with E-state index in [1.54, 1.807) is 0 Å². The maximum absolute atomic E-state index is 13.2. The molecule has 24 heavy (non-hydrogen) atoms. The van der Waals surface area contributed by atoms with E-state index >= 15 is 0 Å². The van der Waals surface area contributed by atoms with Crippen molar-refractivity contribution in [3.05, 3.63) is 11.6 Å². The lowest BCUT2D eigenvalue weighted by atomic mass is 9.46. The number of rotatable bonds is 1. The van der Waals surface area contributed by atoms with E-state index in [0.717, 1.165) is 18.4 Å². The summed E-state index contributed by atoms with van der Waals surface area (Å²) in [6.45, 7) is 8.23. The van der Waals surface area contributed by atoms with E-state index in [9.17, 15) is 14.4 Å². The van der Waals surface area contributed by atoms with Crippen molar-refractivity contribution in [1.29, 1.82) is 0 Å². The fourth-order valence-electron chi connectivity index (χ4n) is 5.85. The zero-order valence-corrected chi connectivity index (χ0v) is 14.9. The lowest BCUT2D eigenvalue weighted by molar-refractivity contribution is -0.157. The molecule has 1 heterocycles. The third kappa shape index (κ3) is 1.83. The number of fused-ring (bicyclic) bond motifs is 2. The Morgan fingerprint density at radius 3 is 2.58 bits per heavy atom. The monoisotopic (exact) mass is 330 g/mol. The molecule has 0 amide bonds. The molecule has 3 aliphatic carbocycles. The molecule has 4 nitrogen and oxygen atoms in total. The van der Waals surface area contributed by atoms with Crippen LogP contribution < -0.4 is 0 Å². The molecule has 4 rings (SSSR count). The molecule has 0 spiro atoms. The van der Waals surface area contributed by atoms with E-state index < -0.39 is 17.3 Å². The van der Waals surface area contributed by atoms with Crippen LogP contribution in [0.15, 0.2) is 11.6 Å². The van der Waals surface area contributed by atoms with Crippen molar-refractivity contribution < 1.29 is 19.1 Å². The lowest BCUT2D eigenvalue weighted by Crippen LogP contribution is -2.60. The molecule has 4 aliphatic rings. The number of Topliss-reactive ketones (excluding diaryl/α,β-unsaturated/α-hetero) is 2. The summed E-state index contributed by atoms with van der Waals surface area (Å²) < 4.78 is 5.73. The Kier molecular flexibility index (Phi) is 3.36. The molecule has 2 saturated carbocycles. The lowest BCUT2D eigenvalue weighted by Gasteiger charge is -2.54. The van der Waals surface area contributed by atoms with Crippen LogP contribution in [0.5, 0.6) is 0 Å². The van der Waals surface area contributed by atoms with Gasteiger partial charge in [-0.1, -0.05) is 33.8 Å². The summed E-state index contributed by atoms with van der Waals surface area (Å²) >= 11 is 0. The second-order valence-corrected chi connectivity index (χ2v) is 8.82. The molecule has 4 heteroatoms. The van der Waals surface area contributed by atoms with Crippen LogP contribution in [0.3, 0.4) is 0 Å².